The number of nitrogens with zero attached hydrogens (tertiary/aromatic N) is 13. The van der Waals surface area contributed by atoms with E-state index in [1.165, 1.54) is 34.0 Å². The summed E-state index contributed by atoms with van der Waals surface area (Å²) in [7, 11) is -13.2. The summed E-state index contributed by atoms with van der Waals surface area (Å²) >= 11 is 0. The van der Waals surface area contributed by atoms with Crippen molar-refractivity contribution in [1.29, 1.82) is 0 Å². The molecule has 6 atom stereocenters. The lowest BCUT2D eigenvalue weighted by Gasteiger charge is -2.51. The standard InChI is InChI=1S/C21H36N6O3SSi.C21H35N5OSi.C15H22N6O2S.H4N2O2S/c1-21-13-25(8-5-17(21)6-10-27(14-21)31(22,28)29)19-18-7-9-26(20(18)24-15-23-19)16-30-11-12-32(2,3)4;1-21-13-22-8-5-17(21)6-9-25(14-21)19-18-7-10-26(20(18)24-15-23-19)16-27-11-12-28(2,3)4;1-15-8-20(14-12-2-5-17-13(12)18-10-19-14)6-3-11(15)4-7-21(9-15)24(16,22)23;1-5(2,3)4/h7,9,15,17H,5-6,8,10-14,16H2,1-4H3,(H2,22,28,29);7,10,15,17,22H,5-6,8-9,11-14,16H2,1-4H3;2,5,10-11H,3-4,6-9H2,1H3,(H2,16,22,23)(H,17,18,19);(H4,1,2,3,4)/t2*17-,21+;11-,15+;/m101./s1. The molecular formula is C57H97N19O8S3Si2. The normalized spacial score (nSPS) is 25.7. The molecule has 0 aromatic carbocycles. The fourth-order valence-corrected chi connectivity index (χ4v) is 17.2. The number of hydrogen-bond acceptors (Lipinski definition) is 18. The minimum absolute atomic E-state index is 0.128. The second-order valence-corrected chi connectivity index (χ2v) is 44.2. The van der Waals surface area contributed by atoms with Crippen LogP contribution in [0.3, 0.4) is 0 Å². The fourth-order valence-electron chi connectivity index (χ4n) is 14.0. The number of aromatic amines is 1. The molecule has 0 spiro atoms. The summed E-state index contributed by atoms with van der Waals surface area (Å²) < 4.78 is 84.7. The Balaban J connectivity index is 0.000000154. The lowest BCUT2D eigenvalue weighted by molar-refractivity contribution is 0.0676. The third kappa shape index (κ3) is 17.5. The molecule has 0 saturated carbocycles. The van der Waals surface area contributed by atoms with Crippen LogP contribution in [0, 0.1) is 34.0 Å². The van der Waals surface area contributed by atoms with E-state index in [9.17, 15) is 25.3 Å². The number of fused-ring (bicyclic) bond motifs is 6. The topological polar surface area (TPSA) is 356 Å². The van der Waals surface area contributed by atoms with Crippen LogP contribution >= 0.6 is 0 Å². The Morgan fingerprint density at radius 2 is 0.921 bits per heavy atom. The van der Waals surface area contributed by atoms with Crippen molar-refractivity contribution in [2.24, 2.45) is 54.6 Å². The first-order valence-corrected chi connectivity index (χ1v) is 43.1. The zero-order valence-electron chi connectivity index (χ0n) is 53.5. The molecule has 6 saturated heterocycles. The average molecular weight is 1330 g/mol. The SMILES string of the molecule is C[C@@]12CN(c3ncnc4[nH]ccc34)CC[C@@H]1CCN(S(N)(=O)=O)C2.C[C@@]12CN(c3ncnc4c3ccn4COCC[Si](C)(C)C)CC[C@@H]1CCN(S(N)(=O)=O)C2.C[C@]12CNCC[C@H]1CCN(c1ncnc3c1ccn3COCC[Si](C)(C)C)C2.NS(N)(=O)=O. The van der Waals surface area contributed by atoms with Crippen LogP contribution in [-0.2, 0) is 53.6 Å². The van der Waals surface area contributed by atoms with Gasteiger partial charge in [0.05, 0.1) is 16.2 Å². The second-order valence-electron chi connectivity index (χ2n) is 28.6. The molecule has 6 fully saturated rings. The molecule has 0 unspecified atom stereocenters. The van der Waals surface area contributed by atoms with Gasteiger partial charge in [-0.05, 0) is 93.1 Å². The third-order valence-corrected chi connectivity index (χ3v) is 24.5. The number of piperidine rings is 6. The quantitative estimate of drug-likeness (QED) is 0.0588. The molecule has 494 valence electrons. The zero-order chi connectivity index (χ0) is 64.4. The van der Waals surface area contributed by atoms with Crippen molar-refractivity contribution in [3.05, 3.63) is 55.8 Å². The molecule has 0 amide bonds. The number of aromatic nitrogens is 9. The maximum absolute atomic E-state index is 12.0. The highest BCUT2D eigenvalue weighted by atomic mass is 32.2. The Morgan fingerprint density at radius 1 is 0.528 bits per heavy atom. The summed E-state index contributed by atoms with van der Waals surface area (Å²) in [6.45, 7) is 33.3. The molecule has 0 aliphatic carbocycles. The van der Waals surface area contributed by atoms with E-state index in [4.69, 9.17) is 19.8 Å². The summed E-state index contributed by atoms with van der Waals surface area (Å²) in [5.74, 6) is 4.72. The number of anilines is 3. The monoisotopic (exact) mass is 1330 g/mol. The molecule has 6 aromatic rings. The van der Waals surface area contributed by atoms with Crippen molar-refractivity contribution >= 4 is 97.3 Å². The summed E-state index contributed by atoms with van der Waals surface area (Å²) in [5, 5.41) is 25.7. The Morgan fingerprint density at radius 3 is 1.35 bits per heavy atom. The smallest absolute Gasteiger partial charge is 0.276 e. The van der Waals surface area contributed by atoms with E-state index in [2.05, 4.69) is 148 Å². The van der Waals surface area contributed by atoms with E-state index >= 15 is 0 Å². The minimum Gasteiger partial charge on any atom is -0.361 e. The molecule has 6 aliphatic rings. The molecule has 0 bridgehead atoms. The molecule has 6 aromatic heterocycles. The zero-order valence-corrected chi connectivity index (χ0v) is 58.0. The van der Waals surface area contributed by atoms with Gasteiger partial charge in [-0.25, -0.2) is 50.5 Å². The van der Waals surface area contributed by atoms with Crippen LogP contribution in [0.4, 0.5) is 17.5 Å². The van der Waals surface area contributed by atoms with Gasteiger partial charge in [-0.3, -0.25) is 0 Å². The summed E-state index contributed by atoms with van der Waals surface area (Å²) in [5.41, 5.74) is 2.70. The number of H-pyrrole nitrogens is 1. The molecule has 12 rings (SSSR count). The molecule has 12 heterocycles. The number of hydrogen-bond donors (Lipinski definition) is 6. The number of nitrogens with two attached hydrogens (primary N) is 4. The molecule has 32 heteroatoms. The van der Waals surface area contributed by atoms with Gasteiger partial charge < -0.3 is 43.6 Å². The first-order valence-electron chi connectivity index (χ1n) is 31.0. The minimum atomic E-state index is -3.67. The van der Waals surface area contributed by atoms with Crippen molar-refractivity contribution in [2.75, 3.05) is 106 Å². The van der Waals surface area contributed by atoms with Crippen molar-refractivity contribution in [2.45, 2.75) is 124 Å². The molecule has 27 nitrogen and oxygen atoms in total. The lowest BCUT2D eigenvalue weighted by Crippen LogP contribution is -2.58. The van der Waals surface area contributed by atoms with E-state index < -0.39 is 46.8 Å². The number of ether oxygens (including phenoxy) is 2. The molecule has 6 aliphatic heterocycles. The van der Waals surface area contributed by atoms with Crippen molar-refractivity contribution in [3.63, 3.8) is 0 Å². The Bertz CT molecular complexity index is 3730. The third-order valence-electron chi connectivity index (χ3n) is 19.1. The number of rotatable bonds is 15. The maximum atomic E-state index is 12.0. The summed E-state index contributed by atoms with van der Waals surface area (Å²) in [4.78, 5) is 37.2. The van der Waals surface area contributed by atoms with Gasteiger partial charge >= 0.3 is 0 Å². The van der Waals surface area contributed by atoms with Crippen LogP contribution in [0.15, 0.2) is 55.8 Å². The van der Waals surface area contributed by atoms with Crippen molar-refractivity contribution in [1.82, 2.24) is 57.9 Å². The predicted molar refractivity (Wildman–Crippen MR) is 356 cm³/mol. The van der Waals surface area contributed by atoms with E-state index in [0.717, 1.165) is 147 Å². The van der Waals surface area contributed by atoms with E-state index in [-0.39, 0.29) is 10.8 Å². The molecule has 89 heavy (non-hydrogen) atoms. The van der Waals surface area contributed by atoms with Crippen LogP contribution in [0.1, 0.15) is 59.3 Å². The summed E-state index contributed by atoms with van der Waals surface area (Å²) in [6, 6.07) is 8.51. The maximum Gasteiger partial charge on any atom is 0.276 e. The van der Waals surface area contributed by atoms with Crippen molar-refractivity contribution in [3.8, 4) is 0 Å². The fraction of sp³-hybridized carbons (Fsp3) is 0.684. The van der Waals surface area contributed by atoms with Crippen LogP contribution in [0.2, 0.25) is 51.4 Å². The van der Waals surface area contributed by atoms with E-state index in [1.54, 1.807) is 19.0 Å². The van der Waals surface area contributed by atoms with Gasteiger partial charge in [0.1, 0.15) is 66.8 Å². The molecular weight excluding hydrogens is 1230 g/mol. The van der Waals surface area contributed by atoms with Gasteiger partial charge in [-0.15, -0.1) is 0 Å². The Labute approximate surface area is 528 Å². The largest absolute Gasteiger partial charge is 0.361 e. The second kappa shape index (κ2) is 27.4. The molecule has 0 radical (unpaired) electrons. The highest BCUT2D eigenvalue weighted by Crippen LogP contribution is 2.46. The van der Waals surface area contributed by atoms with E-state index in [1.807, 2.05) is 23.0 Å². The first-order chi connectivity index (χ1) is 41.7. The lowest BCUT2D eigenvalue weighted by atomic mass is 9.69. The molecule has 10 N–H and O–H groups in total. The van der Waals surface area contributed by atoms with Crippen LogP contribution in [-0.4, -0.2) is 186 Å². The highest BCUT2D eigenvalue weighted by Gasteiger charge is 2.48. The van der Waals surface area contributed by atoms with Gasteiger partial charge in [0.25, 0.3) is 30.6 Å². The number of nitrogens with one attached hydrogen (secondary N) is 2. The van der Waals surface area contributed by atoms with Crippen LogP contribution < -0.4 is 40.6 Å². The summed E-state index contributed by atoms with van der Waals surface area (Å²) in [6.07, 6.45) is 17.2. The van der Waals surface area contributed by atoms with Gasteiger partial charge in [0.2, 0.25) is 0 Å². The van der Waals surface area contributed by atoms with Gasteiger partial charge in [0, 0.05) is 136 Å². The highest BCUT2D eigenvalue weighted by molar-refractivity contribution is 7.87. The van der Waals surface area contributed by atoms with Crippen LogP contribution in [0.25, 0.3) is 33.1 Å². The van der Waals surface area contributed by atoms with Crippen LogP contribution in [0.5, 0.6) is 0 Å². The predicted octanol–water partition coefficient (Wildman–Crippen LogP) is 4.90. The first kappa shape index (κ1) is 68.5. The Kier molecular flexibility index (Phi) is 21.1. The van der Waals surface area contributed by atoms with Crippen molar-refractivity contribution < 1.29 is 34.7 Å². The van der Waals surface area contributed by atoms with Gasteiger partial charge in [0.15, 0.2) is 0 Å². The van der Waals surface area contributed by atoms with Gasteiger partial charge in [-0.2, -0.15) is 33.9 Å². The van der Waals surface area contributed by atoms with E-state index in [0.29, 0.717) is 56.9 Å². The Hall–Kier alpha value is -4.82. The van der Waals surface area contributed by atoms with Gasteiger partial charge in [-0.1, -0.05) is 60.1 Å². The average Bonchev–Trinajstić information content (AvgIpc) is 1.56.